The van der Waals surface area contributed by atoms with Crippen LogP contribution in [0.4, 0.5) is 0 Å². The number of nitrogens with zero attached hydrogens (tertiary/aromatic N) is 5. The lowest BCUT2D eigenvalue weighted by Crippen LogP contribution is -2.40. The Morgan fingerprint density at radius 2 is 2.16 bits per heavy atom. The fourth-order valence-corrected chi connectivity index (χ4v) is 3.34. The molecule has 2 aromatic rings. The van der Waals surface area contributed by atoms with Crippen LogP contribution in [0.2, 0.25) is 0 Å². The van der Waals surface area contributed by atoms with Gasteiger partial charge in [-0.15, -0.1) is 0 Å². The Kier molecular flexibility index (Phi) is 5.60. The number of esters is 1. The fraction of sp³-hybridized carbons (Fsp3) is 0.529. The molecule has 1 aliphatic rings. The molecule has 0 amide bonds. The summed E-state index contributed by atoms with van der Waals surface area (Å²) in [5, 5.41) is 4.67. The number of ether oxygens (including phenoxy) is 1. The lowest BCUT2D eigenvalue weighted by atomic mass is 9.99. The van der Waals surface area contributed by atoms with E-state index in [9.17, 15) is 4.79 Å². The minimum absolute atomic E-state index is 0.0637. The first-order chi connectivity index (χ1) is 12.1. The highest BCUT2D eigenvalue weighted by molar-refractivity contribution is 7.71. The molecular formula is C17H23N5O2S. The topological polar surface area (TPSA) is 65.2 Å². The molecule has 3 heterocycles. The average Bonchev–Trinajstić information content (AvgIpc) is 2.91. The lowest BCUT2D eigenvalue weighted by molar-refractivity contribution is -0.150. The molecule has 3 rings (SSSR count). The van der Waals surface area contributed by atoms with Crippen LogP contribution in [0.25, 0.3) is 11.4 Å². The first-order valence-corrected chi connectivity index (χ1v) is 8.94. The van der Waals surface area contributed by atoms with Gasteiger partial charge in [0.05, 0.1) is 19.2 Å². The lowest BCUT2D eigenvalue weighted by Gasteiger charge is -2.31. The minimum Gasteiger partial charge on any atom is -0.466 e. The molecular weight excluding hydrogens is 338 g/mol. The summed E-state index contributed by atoms with van der Waals surface area (Å²) in [7, 11) is 1.92. The van der Waals surface area contributed by atoms with E-state index in [0.29, 0.717) is 24.6 Å². The van der Waals surface area contributed by atoms with E-state index >= 15 is 0 Å². The number of hydrogen-bond donors (Lipinski definition) is 0. The van der Waals surface area contributed by atoms with E-state index in [1.165, 1.54) is 0 Å². The third-order valence-corrected chi connectivity index (χ3v) is 4.92. The van der Waals surface area contributed by atoms with E-state index in [1.807, 2.05) is 35.4 Å². The van der Waals surface area contributed by atoms with Crippen LogP contribution in [0.5, 0.6) is 0 Å². The molecule has 0 spiro atoms. The Morgan fingerprint density at radius 1 is 1.40 bits per heavy atom. The Bertz CT molecular complexity index is 786. The number of rotatable bonds is 5. The normalized spacial score (nSPS) is 18.2. The van der Waals surface area contributed by atoms with Gasteiger partial charge in [0, 0.05) is 31.5 Å². The molecule has 0 bridgehead atoms. The van der Waals surface area contributed by atoms with Crippen LogP contribution in [0, 0.1) is 10.7 Å². The monoisotopic (exact) mass is 361 g/mol. The Morgan fingerprint density at radius 3 is 2.88 bits per heavy atom. The highest BCUT2D eigenvalue weighted by Gasteiger charge is 2.27. The summed E-state index contributed by atoms with van der Waals surface area (Å²) in [6.45, 7) is 4.45. The molecule has 0 aliphatic carbocycles. The van der Waals surface area contributed by atoms with Crippen molar-refractivity contribution in [2.75, 3.05) is 19.7 Å². The number of aromatic nitrogens is 4. The van der Waals surface area contributed by atoms with Gasteiger partial charge in [-0.2, -0.15) is 5.10 Å². The SMILES string of the molecule is CCOC(=O)[C@H]1CCCN(Cn2nc(-c3ccncc3)n(C)c2=S)C1. The summed E-state index contributed by atoms with van der Waals surface area (Å²) >= 11 is 5.53. The molecule has 7 nitrogen and oxygen atoms in total. The van der Waals surface area contributed by atoms with E-state index in [-0.39, 0.29) is 11.9 Å². The summed E-state index contributed by atoms with van der Waals surface area (Å²) < 4.78 is 9.54. The molecule has 1 fully saturated rings. The van der Waals surface area contributed by atoms with Crippen LogP contribution in [-0.4, -0.2) is 49.9 Å². The van der Waals surface area contributed by atoms with Crippen LogP contribution in [0.15, 0.2) is 24.5 Å². The van der Waals surface area contributed by atoms with Gasteiger partial charge in [0.15, 0.2) is 10.6 Å². The van der Waals surface area contributed by atoms with Gasteiger partial charge in [-0.3, -0.25) is 14.7 Å². The highest BCUT2D eigenvalue weighted by Crippen LogP contribution is 2.20. The van der Waals surface area contributed by atoms with Gasteiger partial charge in [-0.05, 0) is 50.7 Å². The van der Waals surface area contributed by atoms with Crippen molar-refractivity contribution in [3.63, 3.8) is 0 Å². The second-order valence-corrected chi connectivity index (χ2v) is 6.58. The molecule has 134 valence electrons. The second kappa shape index (κ2) is 7.88. The van der Waals surface area contributed by atoms with Crippen molar-refractivity contribution < 1.29 is 9.53 Å². The number of hydrogen-bond acceptors (Lipinski definition) is 6. The molecule has 1 aliphatic heterocycles. The predicted octanol–water partition coefficient (Wildman–Crippen LogP) is 2.25. The van der Waals surface area contributed by atoms with Gasteiger partial charge in [-0.25, -0.2) is 4.68 Å². The summed E-state index contributed by atoms with van der Waals surface area (Å²) in [4.78, 5) is 18.3. The summed E-state index contributed by atoms with van der Waals surface area (Å²) in [6, 6.07) is 3.83. The standard InChI is InChI=1S/C17H23N5O2S/c1-3-24-16(23)14-5-4-10-21(11-14)12-22-17(25)20(2)15(19-22)13-6-8-18-9-7-13/h6-9,14H,3-5,10-12H2,1-2H3/t14-/m0/s1. The first kappa shape index (κ1) is 17.8. The maximum Gasteiger partial charge on any atom is 0.310 e. The van der Waals surface area contributed by atoms with Crippen molar-refractivity contribution in [2.24, 2.45) is 13.0 Å². The van der Waals surface area contributed by atoms with Gasteiger partial charge in [-0.1, -0.05) is 0 Å². The van der Waals surface area contributed by atoms with Gasteiger partial charge >= 0.3 is 5.97 Å². The van der Waals surface area contributed by atoms with Crippen molar-refractivity contribution in [1.29, 1.82) is 0 Å². The Labute approximate surface area is 152 Å². The predicted molar refractivity (Wildman–Crippen MR) is 96.2 cm³/mol. The molecule has 0 aromatic carbocycles. The smallest absolute Gasteiger partial charge is 0.310 e. The molecule has 0 radical (unpaired) electrons. The van der Waals surface area contributed by atoms with Crippen LogP contribution in [-0.2, 0) is 23.2 Å². The minimum atomic E-state index is -0.103. The fourth-order valence-electron chi connectivity index (χ4n) is 3.16. The van der Waals surface area contributed by atoms with Gasteiger partial charge in [0.1, 0.15) is 0 Å². The Hall–Kier alpha value is -2.06. The number of piperidine rings is 1. The van der Waals surface area contributed by atoms with E-state index in [0.717, 1.165) is 30.8 Å². The van der Waals surface area contributed by atoms with Gasteiger partial charge in [0.25, 0.3) is 0 Å². The molecule has 25 heavy (non-hydrogen) atoms. The molecule has 8 heteroatoms. The number of likely N-dealkylation sites (tertiary alicyclic amines) is 1. The van der Waals surface area contributed by atoms with Gasteiger partial charge in [0.2, 0.25) is 0 Å². The van der Waals surface area contributed by atoms with Crippen molar-refractivity contribution in [3.8, 4) is 11.4 Å². The highest BCUT2D eigenvalue weighted by atomic mass is 32.1. The first-order valence-electron chi connectivity index (χ1n) is 8.53. The number of carbonyl (C=O) groups excluding carboxylic acids is 1. The zero-order valence-corrected chi connectivity index (χ0v) is 15.4. The molecule has 1 atom stereocenters. The van der Waals surface area contributed by atoms with E-state index in [2.05, 4.69) is 15.0 Å². The van der Waals surface area contributed by atoms with E-state index < -0.39 is 0 Å². The molecule has 1 saturated heterocycles. The van der Waals surface area contributed by atoms with Crippen LogP contribution in [0.3, 0.4) is 0 Å². The second-order valence-electron chi connectivity index (χ2n) is 6.21. The van der Waals surface area contributed by atoms with Crippen LogP contribution >= 0.6 is 12.2 Å². The quantitative estimate of drug-likeness (QED) is 0.601. The van der Waals surface area contributed by atoms with Crippen LogP contribution in [0.1, 0.15) is 19.8 Å². The molecule has 0 saturated carbocycles. The summed E-state index contributed by atoms with van der Waals surface area (Å²) in [5.74, 6) is 0.645. The molecule has 0 N–H and O–H groups in total. The van der Waals surface area contributed by atoms with Crippen molar-refractivity contribution in [1.82, 2.24) is 24.2 Å². The van der Waals surface area contributed by atoms with Crippen LogP contribution < -0.4 is 0 Å². The van der Waals surface area contributed by atoms with Gasteiger partial charge < -0.3 is 9.30 Å². The zero-order chi connectivity index (χ0) is 17.8. The van der Waals surface area contributed by atoms with Crippen molar-refractivity contribution in [2.45, 2.75) is 26.4 Å². The van der Waals surface area contributed by atoms with E-state index in [4.69, 9.17) is 17.0 Å². The number of carbonyl (C=O) groups is 1. The van der Waals surface area contributed by atoms with E-state index in [1.54, 1.807) is 12.4 Å². The average molecular weight is 361 g/mol. The van der Waals surface area contributed by atoms with Crippen molar-refractivity contribution >= 4 is 18.2 Å². The summed E-state index contributed by atoms with van der Waals surface area (Å²) in [5.41, 5.74) is 0.977. The maximum atomic E-state index is 12.0. The zero-order valence-electron chi connectivity index (χ0n) is 14.6. The Balaban J connectivity index is 1.75. The summed E-state index contributed by atoms with van der Waals surface area (Å²) in [6.07, 6.45) is 5.34. The third-order valence-electron chi connectivity index (χ3n) is 4.44. The molecule has 0 unspecified atom stereocenters. The van der Waals surface area contributed by atoms with Crippen molar-refractivity contribution in [3.05, 3.63) is 29.3 Å². The largest absolute Gasteiger partial charge is 0.466 e. The third kappa shape index (κ3) is 3.96. The maximum absolute atomic E-state index is 12.0. The molecule has 2 aromatic heterocycles. The number of pyridine rings is 1.